The molecule has 0 aliphatic carbocycles. The molecule has 0 bridgehead atoms. The highest BCUT2D eigenvalue weighted by Crippen LogP contribution is 2.51. The van der Waals surface area contributed by atoms with E-state index in [1.807, 2.05) is 0 Å². The Labute approximate surface area is 444 Å². The second-order valence-corrected chi connectivity index (χ2v) is 19.9. The van der Waals surface area contributed by atoms with Crippen molar-refractivity contribution in [2.45, 2.75) is 12.5 Å². The van der Waals surface area contributed by atoms with Crippen LogP contribution in [0.25, 0.3) is 111 Å². The first-order chi connectivity index (χ1) is 37.7. The highest BCUT2D eigenvalue weighted by molar-refractivity contribution is 6.24. The maximum absolute atomic E-state index is 2.59. The van der Waals surface area contributed by atoms with Gasteiger partial charge in [-0.05, 0) is 160 Å². The molecule has 1 aromatic heterocycles. The molecule has 0 radical (unpaired) electrons. The van der Waals surface area contributed by atoms with Crippen LogP contribution in [-0.4, -0.2) is 4.57 Å². The molecule has 1 unspecified atom stereocenters. The van der Waals surface area contributed by atoms with Crippen molar-refractivity contribution in [1.29, 1.82) is 0 Å². The summed E-state index contributed by atoms with van der Waals surface area (Å²) in [6.45, 7) is 0. The summed E-state index contributed by atoms with van der Waals surface area (Å²) in [4.78, 5) is 2.59. The first-order valence-electron chi connectivity index (χ1n) is 26.4. The van der Waals surface area contributed by atoms with Crippen molar-refractivity contribution >= 4 is 43.7 Å². The smallest absolute Gasteiger partial charge is 0.0626 e. The number of hydrogen-bond acceptors (Lipinski definition) is 1. The predicted molar refractivity (Wildman–Crippen MR) is 322 cm³/mol. The Kier molecular flexibility index (Phi) is 11.4. The Morgan fingerprint density at radius 2 is 0.750 bits per heavy atom. The summed E-state index contributed by atoms with van der Waals surface area (Å²) in [5.41, 5.74) is 20.1. The first kappa shape index (κ1) is 44.9. The van der Waals surface area contributed by atoms with E-state index in [1.54, 1.807) is 0 Å². The van der Waals surface area contributed by atoms with Crippen LogP contribution in [0.5, 0.6) is 0 Å². The van der Waals surface area contributed by atoms with Crippen molar-refractivity contribution < 1.29 is 0 Å². The summed E-state index contributed by atoms with van der Waals surface area (Å²) in [5.74, 6) is 0. The summed E-state index contributed by atoms with van der Waals surface area (Å²) < 4.78 is 2.46. The molecule has 0 spiro atoms. The lowest BCUT2D eigenvalue weighted by atomic mass is 9.83. The maximum atomic E-state index is 2.59. The Morgan fingerprint density at radius 3 is 1.36 bits per heavy atom. The van der Waals surface area contributed by atoms with Crippen molar-refractivity contribution in [3.05, 3.63) is 308 Å². The van der Waals surface area contributed by atoms with Crippen molar-refractivity contribution in [1.82, 2.24) is 4.57 Å². The summed E-state index contributed by atoms with van der Waals surface area (Å²) >= 11 is 0. The van der Waals surface area contributed by atoms with Gasteiger partial charge in [0.15, 0.2) is 0 Å². The van der Waals surface area contributed by atoms with Gasteiger partial charge in [-0.3, -0.25) is 0 Å². The molecule has 2 heteroatoms. The monoisotopic (exact) mass is 968 g/mol. The fraction of sp³-hybridized carbons (Fsp3) is 0.0270. The minimum atomic E-state index is 0.118. The molecule has 358 valence electrons. The molecule has 13 aromatic rings. The van der Waals surface area contributed by atoms with Gasteiger partial charge in [0.25, 0.3) is 0 Å². The third-order valence-electron chi connectivity index (χ3n) is 15.5. The van der Waals surface area contributed by atoms with Gasteiger partial charge < -0.3 is 9.47 Å². The van der Waals surface area contributed by atoms with Gasteiger partial charge in [-0.25, -0.2) is 0 Å². The number of hydrogen-bond donors (Lipinski definition) is 0. The molecule has 1 aliphatic heterocycles. The van der Waals surface area contributed by atoms with Crippen LogP contribution in [0.2, 0.25) is 0 Å². The van der Waals surface area contributed by atoms with Crippen molar-refractivity contribution in [2.75, 3.05) is 4.90 Å². The Balaban J connectivity index is 1.12. The second-order valence-electron chi connectivity index (χ2n) is 19.9. The summed E-state index contributed by atoms with van der Waals surface area (Å²) in [5, 5.41) is 7.22. The zero-order valence-electron chi connectivity index (χ0n) is 42.0. The van der Waals surface area contributed by atoms with Crippen LogP contribution >= 0.6 is 0 Å². The van der Waals surface area contributed by atoms with Crippen molar-refractivity contribution in [3.63, 3.8) is 0 Å². The highest BCUT2D eigenvalue weighted by Gasteiger charge is 2.31. The highest BCUT2D eigenvalue weighted by atomic mass is 15.2. The van der Waals surface area contributed by atoms with Gasteiger partial charge in [0.1, 0.15) is 0 Å². The lowest BCUT2D eigenvalue weighted by Crippen LogP contribution is -2.22. The molecule has 0 saturated heterocycles. The first-order valence-corrected chi connectivity index (χ1v) is 26.4. The van der Waals surface area contributed by atoms with Gasteiger partial charge in [-0.1, -0.05) is 243 Å². The topological polar surface area (TPSA) is 8.17 Å². The standard InChI is InChI=1S/C74H52N2/c1-7-22-51(23-8-1)58-46-59(52-24-9-2-10-25-52)48-60(47-58)73-65-40-38-62(76-71(56-31-15-5-16-32-56)44-45-72(76)57-33-17-6-18-34-57)50-68(65)74(64-37-21-35-53-26-19-20-36-63(53)64)66-41-39-61(49-67(66)73)75-69(54-27-11-3-12-28-54)42-43-70(75)55-29-13-4-14-30-55/h1-44,46-50,72H,45H2. The van der Waals surface area contributed by atoms with E-state index < -0.39 is 0 Å². The van der Waals surface area contributed by atoms with Crippen LogP contribution in [0.1, 0.15) is 23.6 Å². The van der Waals surface area contributed by atoms with Crippen molar-refractivity contribution in [3.8, 4) is 72.7 Å². The number of anilines is 1. The second kappa shape index (κ2) is 19.3. The van der Waals surface area contributed by atoms with Gasteiger partial charge in [-0.2, -0.15) is 0 Å². The number of nitrogens with zero attached hydrogens (tertiary/aromatic N) is 2. The summed E-state index contributed by atoms with van der Waals surface area (Å²) in [7, 11) is 0. The minimum absolute atomic E-state index is 0.118. The Bertz CT molecular complexity index is 4150. The Morgan fingerprint density at radius 1 is 0.289 bits per heavy atom. The van der Waals surface area contributed by atoms with Gasteiger partial charge in [-0.15, -0.1) is 0 Å². The van der Waals surface area contributed by atoms with Crippen LogP contribution < -0.4 is 4.90 Å². The largest absolute Gasteiger partial charge is 0.333 e. The van der Waals surface area contributed by atoms with Gasteiger partial charge in [0.05, 0.1) is 17.4 Å². The predicted octanol–water partition coefficient (Wildman–Crippen LogP) is 19.9. The van der Waals surface area contributed by atoms with E-state index in [0.29, 0.717) is 0 Å². The SMILES string of the molecule is C1=C(c2ccccc2)N(c2ccc3c(-c4cc(-c5ccccc5)cc(-c5ccccc5)c4)c4cc(-n5c(-c6ccccc6)ccc5-c5ccccc5)ccc4c(-c4cccc5ccccc45)c3c2)C(c2ccccc2)C1. The maximum Gasteiger partial charge on any atom is 0.0626 e. The normalized spacial score (nSPS) is 13.4. The zero-order chi connectivity index (χ0) is 50.4. The van der Waals surface area contributed by atoms with Crippen LogP contribution in [0, 0.1) is 0 Å². The molecule has 2 nitrogen and oxygen atoms in total. The van der Waals surface area contributed by atoms with Crippen LogP contribution in [0.3, 0.4) is 0 Å². The third kappa shape index (κ3) is 8.00. The van der Waals surface area contributed by atoms with E-state index in [1.165, 1.54) is 88.1 Å². The van der Waals surface area contributed by atoms with E-state index in [9.17, 15) is 0 Å². The molecular formula is C74H52N2. The van der Waals surface area contributed by atoms with E-state index in [2.05, 4.69) is 307 Å². The van der Waals surface area contributed by atoms with E-state index in [-0.39, 0.29) is 6.04 Å². The van der Waals surface area contributed by atoms with Gasteiger partial charge >= 0.3 is 0 Å². The van der Waals surface area contributed by atoms with Gasteiger partial charge in [0.2, 0.25) is 0 Å². The number of fused-ring (bicyclic) bond motifs is 3. The molecule has 0 amide bonds. The van der Waals surface area contributed by atoms with Gasteiger partial charge in [0, 0.05) is 17.1 Å². The fourth-order valence-corrected chi connectivity index (χ4v) is 12.0. The third-order valence-corrected chi connectivity index (χ3v) is 15.5. The molecule has 76 heavy (non-hydrogen) atoms. The molecular weight excluding hydrogens is 917 g/mol. The molecule has 0 fully saturated rings. The molecule has 1 atom stereocenters. The Hall–Kier alpha value is -9.76. The molecule has 2 heterocycles. The minimum Gasteiger partial charge on any atom is -0.333 e. The lowest BCUT2D eigenvalue weighted by molar-refractivity contribution is 0.749. The number of aromatic nitrogens is 1. The van der Waals surface area contributed by atoms with Crippen LogP contribution in [0.4, 0.5) is 5.69 Å². The van der Waals surface area contributed by atoms with Crippen molar-refractivity contribution in [2.24, 2.45) is 0 Å². The number of benzene rings is 12. The lowest BCUT2D eigenvalue weighted by Gasteiger charge is -2.31. The average Bonchev–Trinajstić information content (AvgIpc) is 4.26. The molecule has 0 saturated carbocycles. The average molecular weight is 969 g/mol. The molecule has 12 aromatic carbocycles. The van der Waals surface area contributed by atoms with Crippen LogP contribution in [0.15, 0.2) is 297 Å². The fourth-order valence-electron chi connectivity index (χ4n) is 12.0. The molecule has 0 N–H and O–H groups in total. The van der Waals surface area contributed by atoms with E-state index in [0.717, 1.165) is 45.9 Å². The van der Waals surface area contributed by atoms with Crippen LogP contribution in [-0.2, 0) is 0 Å². The summed E-state index contributed by atoms with van der Waals surface area (Å²) in [6.07, 6.45) is 3.34. The quantitative estimate of drug-likeness (QED) is 0.124. The summed E-state index contributed by atoms with van der Waals surface area (Å²) in [6, 6.07) is 107. The molecule has 14 rings (SSSR count). The zero-order valence-corrected chi connectivity index (χ0v) is 42.0. The molecule has 1 aliphatic rings. The van der Waals surface area contributed by atoms with E-state index >= 15 is 0 Å². The van der Waals surface area contributed by atoms with E-state index in [4.69, 9.17) is 0 Å². The number of rotatable bonds is 10.